The van der Waals surface area contributed by atoms with Crippen LogP contribution in [0.2, 0.25) is 0 Å². The number of aromatic nitrogens is 2. The van der Waals surface area contributed by atoms with Gasteiger partial charge in [-0.05, 0) is 20.8 Å². The summed E-state index contributed by atoms with van der Waals surface area (Å²) in [5, 5.41) is 0. The number of imidazole rings is 1. The molecule has 0 atom stereocenters. The van der Waals surface area contributed by atoms with Gasteiger partial charge in [0, 0.05) is 7.05 Å². The fourth-order valence-electron chi connectivity index (χ4n) is 0.935. The molecule has 68 valence electrons. The fourth-order valence-corrected chi connectivity index (χ4v) is 0.935. The number of ether oxygens (including phenoxy) is 1. The summed E-state index contributed by atoms with van der Waals surface area (Å²) in [5.41, 5.74) is 1.13. The van der Waals surface area contributed by atoms with E-state index in [0.29, 0.717) is 6.61 Å². The summed E-state index contributed by atoms with van der Waals surface area (Å²) >= 11 is 0. The first kappa shape index (κ1) is 9.26. The maximum absolute atomic E-state index is 5.46. The Morgan fingerprint density at radius 1 is 1.58 bits per heavy atom. The lowest BCUT2D eigenvalue weighted by atomic mass is 10.4. The minimum Gasteiger partial charge on any atom is -0.373 e. The smallest absolute Gasteiger partial charge is 0.105 e. The molecular weight excluding hydrogens is 152 g/mol. The highest BCUT2D eigenvalue weighted by atomic mass is 16.5. The maximum atomic E-state index is 5.46. The summed E-state index contributed by atoms with van der Waals surface area (Å²) in [4.78, 5) is 4.18. The van der Waals surface area contributed by atoms with E-state index in [0.717, 1.165) is 11.5 Å². The van der Waals surface area contributed by atoms with Gasteiger partial charge in [0.1, 0.15) is 5.82 Å². The second-order valence-electron chi connectivity index (χ2n) is 3.22. The van der Waals surface area contributed by atoms with Crippen molar-refractivity contribution in [3.63, 3.8) is 0 Å². The van der Waals surface area contributed by atoms with Crippen LogP contribution in [0.5, 0.6) is 0 Å². The molecule has 1 aromatic rings. The molecule has 3 heteroatoms. The number of hydrogen-bond donors (Lipinski definition) is 0. The van der Waals surface area contributed by atoms with Crippen LogP contribution in [0, 0.1) is 6.92 Å². The van der Waals surface area contributed by atoms with Gasteiger partial charge >= 0.3 is 0 Å². The quantitative estimate of drug-likeness (QED) is 0.686. The largest absolute Gasteiger partial charge is 0.373 e. The van der Waals surface area contributed by atoms with Crippen LogP contribution in [0.4, 0.5) is 0 Å². The van der Waals surface area contributed by atoms with Gasteiger partial charge in [-0.3, -0.25) is 0 Å². The standard InChI is InChI=1S/C9H16N2O/c1-7(2)12-6-9-5-10-8(3)11(9)4/h5,7H,6H2,1-4H3. The van der Waals surface area contributed by atoms with Crippen LogP contribution in [0.25, 0.3) is 0 Å². The molecule has 12 heavy (non-hydrogen) atoms. The van der Waals surface area contributed by atoms with Crippen LogP contribution in [0.3, 0.4) is 0 Å². The van der Waals surface area contributed by atoms with Gasteiger partial charge in [0.15, 0.2) is 0 Å². The van der Waals surface area contributed by atoms with E-state index in [1.807, 2.05) is 38.6 Å². The Balaban J connectivity index is 2.58. The third-order valence-corrected chi connectivity index (χ3v) is 1.88. The Hall–Kier alpha value is -0.830. The zero-order valence-corrected chi connectivity index (χ0v) is 8.16. The summed E-state index contributed by atoms with van der Waals surface area (Å²) in [6.07, 6.45) is 2.14. The van der Waals surface area contributed by atoms with Gasteiger partial charge in [0.25, 0.3) is 0 Å². The van der Waals surface area contributed by atoms with Crippen molar-refractivity contribution in [2.45, 2.75) is 33.5 Å². The molecule has 3 nitrogen and oxygen atoms in total. The van der Waals surface area contributed by atoms with Crippen molar-refractivity contribution in [1.29, 1.82) is 0 Å². The highest BCUT2D eigenvalue weighted by Crippen LogP contribution is 2.04. The molecule has 0 aromatic carbocycles. The van der Waals surface area contributed by atoms with E-state index >= 15 is 0 Å². The molecule has 1 aromatic heterocycles. The van der Waals surface area contributed by atoms with E-state index < -0.39 is 0 Å². The van der Waals surface area contributed by atoms with E-state index in [1.165, 1.54) is 0 Å². The summed E-state index contributed by atoms with van der Waals surface area (Å²) < 4.78 is 7.51. The van der Waals surface area contributed by atoms with E-state index in [4.69, 9.17) is 4.74 Å². The van der Waals surface area contributed by atoms with Crippen molar-refractivity contribution < 1.29 is 4.74 Å². The monoisotopic (exact) mass is 168 g/mol. The topological polar surface area (TPSA) is 27.1 Å². The first-order chi connectivity index (χ1) is 5.61. The second kappa shape index (κ2) is 3.72. The SMILES string of the molecule is Cc1ncc(COC(C)C)n1C. The Morgan fingerprint density at radius 2 is 2.25 bits per heavy atom. The summed E-state index contributed by atoms with van der Waals surface area (Å²) in [5.74, 6) is 1.03. The van der Waals surface area contributed by atoms with E-state index in [9.17, 15) is 0 Å². The molecule has 0 amide bonds. The zero-order valence-electron chi connectivity index (χ0n) is 8.16. The van der Waals surface area contributed by atoms with Gasteiger partial charge in [0.2, 0.25) is 0 Å². The molecule has 0 aliphatic heterocycles. The molecule has 0 aliphatic carbocycles. The lowest BCUT2D eigenvalue weighted by molar-refractivity contribution is 0.0621. The number of rotatable bonds is 3. The number of hydrogen-bond acceptors (Lipinski definition) is 2. The average Bonchev–Trinajstić information content (AvgIpc) is 2.30. The molecule has 1 heterocycles. The molecule has 0 saturated heterocycles. The molecule has 0 bridgehead atoms. The molecule has 0 spiro atoms. The minimum absolute atomic E-state index is 0.278. The van der Waals surface area contributed by atoms with Gasteiger partial charge in [-0.25, -0.2) is 4.98 Å². The van der Waals surface area contributed by atoms with Crippen LogP contribution in [-0.4, -0.2) is 15.7 Å². The lowest BCUT2D eigenvalue weighted by Crippen LogP contribution is -2.06. The Kier molecular flexibility index (Phi) is 2.87. The van der Waals surface area contributed by atoms with Gasteiger partial charge in [-0.15, -0.1) is 0 Å². The average molecular weight is 168 g/mol. The second-order valence-corrected chi connectivity index (χ2v) is 3.22. The van der Waals surface area contributed by atoms with Gasteiger partial charge in [-0.1, -0.05) is 0 Å². The molecule has 0 fully saturated rings. The van der Waals surface area contributed by atoms with E-state index in [-0.39, 0.29) is 6.10 Å². The van der Waals surface area contributed by atoms with Crippen LogP contribution in [0.15, 0.2) is 6.20 Å². The predicted molar refractivity (Wildman–Crippen MR) is 47.9 cm³/mol. The summed E-state index contributed by atoms with van der Waals surface area (Å²) in [7, 11) is 2.00. The number of aryl methyl sites for hydroxylation is 1. The lowest BCUT2D eigenvalue weighted by Gasteiger charge is -2.07. The molecule has 1 rings (SSSR count). The van der Waals surface area contributed by atoms with Gasteiger partial charge < -0.3 is 9.30 Å². The van der Waals surface area contributed by atoms with Crippen LogP contribution < -0.4 is 0 Å². The van der Waals surface area contributed by atoms with Crippen LogP contribution in [0.1, 0.15) is 25.4 Å². The summed E-state index contributed by atoms with van der Waals surface area (Å²) in [6, 6.07) is 0. The van der Waals surface area contributed by atoms with E-state index in [2.05, 4.69) is 4.98 Å². The first-order valence-corrected chi connectivity index (χ1v) is 4.20. The molecule has 0 N–H and O–H groups in total. The minimum atomic E-state index is 0.278. The molecule has 0 unspecified atom stereocenters. The summed E-state index contributed by atoms with van der Waals surface area (Å²) in [6.45, 7) is 6.69. The number of nitrogens with zero attached hydrogens (tertiary/aromatic N) is 2. The molecule has 0 radical (unpaired) electrons. The first-order valence-electron chi connectivity index (χ1n) is 4.20. The molecule has 0 aliphatic rings. The van der Waals surface area contributed by atoms with Crippen molar-refractivity contribution in [3.05, 3.63) is 17.7 Å². The Bertz CT molecular complexity index is 253. The third kappa shape index (κ3) is 2.08. The van der Waals surface area contributed by atoms with Crippen LogP contribution in [-0.2, 0) is 18.4 Å². The Labute approximate surface area is 73.4 Å². The normalized spacial score (nSPS) is 11.1. The highest BCUT2D eigenvalue weighted by molar-refractivity contribution is 5.01. The van der Waals surface area contributed by atoms with Gasteiger partial charge in [-0.2, -0.15) is 0 Å². The van der Waals surface area contributed by atoms with Crippen molar-refractivity contribution >= 4 is 0 Å². The van der Waals surface area contributed by atoms with Crippen molar-refractivity contribution in [1.82, 2.24) is 9.55 Å². The Morgan fingerprint density at radius 3 is 2.67 bits per heavy atom. The van der Waals surface area contributed by atoms with E-state index in [1.54, 1.807) is 0 Å². The third-order valence-electron chi connectivity index (χ3n) is 1.88. The predicted octanol–water partition coefficient (Wildman–Crippen LogP) is 1.65. The zero-order chi connectivity index (χ0) is 9.14. The van der Waals surface area contributed by atoms with Crippen molar-refractivity contribution in [2.24, 2.45) is 7.05 Å². The van der Waals surface area contributed by atoms with Crippen molar-refractivity contribution in [3.8, 4) is 0 Å². The maximum Gasteiger partial charge on any atom is 0.105 e. The molecular formula is C9H16N2O. The van der Waals surface area contributed by atoms with Gasteiger partial charge in [0.05, 0.1) is 24.6 Å². The van der Waals surface area contributed by atoms with Crippen LogP contribution >= 0.6 is 0 Å². The molecule has 0 saturated carbocycles. The van der Waals surface area contributed by atoms with Crippen molar-refractivity contribution in [2.75, 3.05) is 0 Å². The highest BCUT2D eigenvalue weighted by Gasteiger charge is 2.02. The fraction of sp³-hybridized carbons (Fsp3) is 0.667.